The topological polar surface area (TPSA) is 82.1 Å². The Morgan fingerprint density at radius 2 is 2.05 bits per heavy atom. The van der Waals surface area contributed by atoms with E-state index in [4.69, 9.17) is 13.1 Å². The number of ether oxygens (including phenoxy) is 1. The predicted molar refractivity (Wildman–Crippen MR) is 74.7 cm³/mol. The minimum atomic E-state index is -3.93. The normalized spacial score (nSPS) is 27.8. The molecule has 0 saturated carbocycles. The van der Waals surface area contributed by atoms with Gasteiger partial charge in [-0.2, -0.15) is 8.42 Å². The van der Waals surface area contributed by atoms with E-state index < -0.39 is 28.7 Å². The third-order valence-corrected chi connectivity index (χ3v) is 4.16. The Morgan fingerprint density at radius 1 is 1.33 bits per heavy atom. The number of fused-ring (bicyclic) bond motifs is 1. The number of carbonyl (C=O) groups is 1. The molecule has 2 rings (SSSR count). The molecule has 0 radical (unpaired) electrons. The molecular formula is C13H17NO6S. The maximum atomic E-state index is 11.9. The largest absolute Gasteiger partial charge is 0.445 e. The second kappa shape index (κ2) is 6.42. The first-order valence-corrected chi connectivity index (χ1v) is 7.75. The number of nitrogens with zero attached hydrogens (tertiary/aromatic N) is 1. The van der Waals surface area contributed by atoms with Gasteiger partial charge in [-0.1, -0.05) is 31.4 Å². The molecule has 0 aromatic carbocycles. The zero-order valence-corrected chi connectivity index (χ0v) is 12.3. The summed E-state index contributed by atoms with van der Waals surface area (Å²) >= 11 is 0. The Labute approximate surface area is 123 Å². The quantitative estimate of drug-likeness (QED) is 0.724. The standard InChI is InChI=1S/C13H17NO6S/c1-3-5-10(4-2)9-18-13(15)14-7-6-11-12(8-14)20-21(16,17)19-11/h3-5,11-12H,1-2,6-9H2/b10-5+. The highest BCUT2D eigenvalue weighted by Gasteiger charge is 2.44. The maximum Gasteiger partial charge on any atom is 0.410 e. The summed E-state index contributed by atoms with van der Waals surface area (Å²) < 4.78 is 37.1. The molecule has 2 heterocycles. The third-order valence-electron chi connectivity index (χ3n) is 3.20. The molecule has 2 atom stereocenters. The number of likely N-dealkylation sites (tertiary alicyclic amines) is 1. The van der Waals surface area contributed by atoms with E-state index in [0.717, 1.165) is 5.57 Å². The summed E-state index contributed by atoms with van der Waals surface area (Å²) in [5.41, 5.74) is 0.719. The molecule has 0 N–H and O–H groups in total. The van der Waals surface area contributed by atoms with Gasteiger partial charge in [0.05, 0.1) is 6.54 Å². The van der Waals surface area contributed by atoms with E-state index >= 15 is 0 Å². The van der Waals surface area contributed by atoms with Gasteiger partial charge in [-0.15, -0.1) is 0 Å². The van der Waals surface area contributed by atoms with Crippen molar-refractivity contribution in [1.29, 1.82) is 0 Å². The molecular weight excluding hydrogens is 298 g/mol. The molecule has 21 heavy (non-hydrogen) atoms. The molecule has 1 amide bonds. The van der Waals surface area contributed by atoms with Crippen molar-refractivity contribution in [1.82, 2.24) is 4.90 Å². The fourth-order valence-corrected chi connectivity index (χ4v) is 3.21. The van der Waals surface area contributed by atoms with E-state index in [-0.39, 0.29) is 13.2 Å². The Kier molecular flexibility index (Phi) is 4.81. The van der Waals surface area contributed by atoms with Gasteiger partial charge < -0.3 is 9.64 Å². The molecule has 8 heteroatoms. The Hall–Kier alpha value is -1.64. The summed E-state index contributed by atoms with van der Waals surface area (Å²) in [6.45, 7) is 7.71. The minimum Gasteiger partial charge on any atom is -0.445 e. The van der Waals surface area contributed by atoms with Crippen molar-refractivity contribution in [2.75, 3.05) is 19.7 Å². The monoisotopic (exact) mass is 315 g/mol. The summed E-state index contributed by atoms with van der Waals surface area (Å²) in [7, 11) is -3.93. The van der Waals surface area contributed by atoms with Gasteiger partial charge in [0.15, 0.2) is 0 Å². The summed E-state index contributed by atoms with van der Waals surface area (Å²) in [6.07, 6.45) is 3.50. The van der Waals surface area contributed by atoms with Crippen LogP contribution in [0.15, 0.2) is 37.0 Å². The molecule has 2 aliphatic heterocycles. The predicted octanol–water partition coefficient (Wildman–Crippen LogP) is 1.16. The van der Waals surface area contributed by atoms with Crippen LogP contribution in [0.4, 0.5) is 4.79 Å². The second-order valence-electron chi connectivity index (χ2n) is 4.65. The molecule has 7 nitrogen and oxygen atoms in total. The Balaban J connectivity index is 1.89. The zero-order chi connectivity index (χ0) is 15.5. The highest BCUT2D eigenvalue weighted by Crippen LogP contribution is 2.27. The molecule has 0 aliphatic carbocycles. The van der Waals surface area contributed by atoms with Gasteiger partial charge in [-0.05, 0) is 12.0 Å². The van der Waals surface area contributed by atoms with Crippen molar-refractivity contribution in [3.63, 3.8) is 0 Å². The lowest BCUT2D eigenvalue weighted by Crippen LogP contribution is -2.48. The van der Waals surface area contributed by atoms with E-state index in [2.05, 4.69) is 13.2 Å². The van der Waals surface area contributed by atoms with Crippen LogP contribution >= 0.6 is 0 Å². The maximum absolute atomic E-state index is 11.9. The van der Waals surface area contributed by atoms with Crippen molar-refractivity contribution < 1.29 is 26.3 Å². The lowest BCUT2D eigenvalue weighted by molar-refractivity contribution is 0.0412. The van der Waals surface area contributed by atoms with E-state index in [0.29, 0.717) is 13.0 Å². The van der Waals surface area contributed by atoms with Crippen molar-refractivity contribution in [2.24, 2.45) is 0 Å². The number of rotatable bonds is 4. The lowest BCUT2D eigenvalue weighted by Gasteiger charge is -2.31. The van der Waals surface area contributed by atoms with Gasteiger partial charge in [-0.25, -0.2) is 13.2 Å². The smallest absolute Gasteiger partial charge is 0.410 e. The van der Waals surface area contributed by atoms with E-state index in [1.54, 1.807) is 18.2 Å². The highest BCUT2D eigenvalue weighted by molar-refractivity contribution is 7.82. The molecule has 0 bridgehead atoms. The van der Waals surface area contributed by atoms with Gasteiger partial charge >= 0.3 is 16.5 Å². The molecule has 2 saturated heterocycles. The molecule has 0 spiro atoms. The lowest BCUT2D eigenvalue weighted by atomic mass is 10.1. The average molecular weight is 315 g/mol. The van der Waals surface area contributed by atoms with Gasteiger partial charge in [0.1, 0.15) is 18.8 Å². The molecule has 0 aromatic rings. The van der Waals surface area contributed by atoms with Crippen LogP contribution in [-0.4, -0.2) is 51.3 Å². The van der Waals surface area contributed by atoms with Gasteiger partial charge in [-0.3, -0.25) is 0 Å². The van der Waals surface area contributed by atoms with Gasteiger partial charge in [0.25, 0.3) is 0 Å². The van der Waals surface area contributed by atoms with Crippen LogP contribution in [0, 0.1) is 0 Å². The van der Waals surface area contributed by atoms with Crippen LogP contribution in [0.1, 0.15) is 6.42 Å². The van der Waals surface area contributed by atoms with Crippen molar-refractivity contribution in [2.45, 2.75) is 18.6 Å². The molecule has 2 unspecified atom stereocenters. The van der Waals surface area contributed by atoms with Crippen molar-refractivity contribution in [3.05, 3.63) is 37.0 Å². The molecule has 2 aliphatic rings. The van der Waals surface area contributed by atoms with Crippen LogP contribution in [0.25, 0.3) is 0 Å². The van der Waals surface area contributed by atoms with Gasteiger partial charge in [0, 0.05) is 6.54 Å². The Morgan fingerprint density at radius 3 is 2.71 bits per heavy atom. The summed E-state index contributed by atoms with van der Waals surface area (Å²) in [5, 5.41) is 0. The van der Waals surface area contributed by atoms with E-state index in [1.165, 1.54) is 4.90 Å². The summed E-state index contributed by atoms with van der Waals surface area (Å²) in [5.74, 6) is 0. The fourth-order valence-electron chi connectivity index (χ4n) is 2.15. The zero-order valence-electron chi connectivity index (χ0n) is 11.4. The van der Waals surface area contributed by atoms with Crippen LogP contribution in [0.5, 0.6) is 0 Å². The SMILES string of the molecule is C=C/C=C(\C=C)COC(=O)N1CCC2OS(=O)(=O)OC2C1. The average Bonchev–Trinajstić information content (AvgIpc) is 2.75. The summed E-state index contributed by atoms with van der Waals surface area (Å²) in [6, 6.07) is 0. The number of piperidine rings is 1. The number of hydrogen-bond donors (Lipinski definition) is 0. The first kappa shape index (κ1) is 15.7. The number of hydrogen-bond acceptors (Lipinski definition) is 6. The number of amides is 1. The molecule has 116 valence electrons. The van der Waals surface area contributed by atoms with Crippen LogP contribution in [-0.2, 0) is 23.5 Å². The fraction of sp³-hybridized carbons (Fsp3) is 0.462. The molecule has 0 aromatic heterocycles. The minimum absolute atomic E-state index is 0.0780. The number of carbonyl (C=O) groups excluding carboxylic acids is 1. The second-order valence-corrected chi connectivity index (χ2v) is 5.85. The third kappa shape index (κ3) is 3.93. The summed E-state index contributed by atoms with van der Waals surface area (Å²) in [4.78, 5) is 13.3. The van der Waals surface area contributed by atoms with Crippen LogP contribution in [0.3, 0.4) is 0 Å². The number of allylic oxidation sites excluding steroid dienone is 2. The van der Waals surface area contributed by atoms with Gasteiger partial charge in [0.2, 0.25) is 0 Å². The van der Waals surface area contributed by atoms with Crippen LogP contribution < -0.4 is 0 Å². The van der Waals surface area contributed by atoms with Crippen LogP contribution in [0.2, 0.25) is 0 Å². The van der Waals surface area contributed by atoms with E-state index in [9.17, 15) is 13.2 Å². The first-order chi connectivity index (χ1) is 9.95. The highest BCUT2D eigenvalue weighted by atomic mass is 32.3. The Bertz CT molecular complexity index is 567. The molecule has 2 fully saturated rings. The first-order valence-electron chi connectivity index (χ1n) is 6.42. The van der Waals surface area contributed by atoms with Crippen molar-refractivity contribution >= 4 is 16.5 Å². The van der Waals surface area contributed by atoms with E-state index in [1.807, 2.05) is 0 Å². The van der Waals surface area contributed by atoms with Crippen molar-refractivity contribution in [3.8, 4) is 0 Å².